The highest BCUT2D eigenvalue weighted by Crippen LogP contribution is 2.25. The molecule has 186 valence electrons. The molecule has 0 spiro atoms. The molecule has 4 aromatic rings. The van der Waals surface area contributed by atoms with Gasteiger partial charge >= 0.3 is 0 Å². The Balaban J connectivity index is 1.35. The largest absolute Gasteiger partial charge is 0.375 e. The molecule has 2 aromatic heterocycles. The zero-order chi connectivity index (χ0) is 25.4. The number of rotatable bonds is 4. The molecule has 1 aliphatic rings. The molecule has 3 N–H and O–H groups in total. The number of benzene rings is 2. The summed E-state index contributed by atoms with van der Waals surface area (Å²) in [5, 5.41) is 9.57. The van der Waals surface area contributed by atoms with Crippen LogP contribution in [0.5, 0.6) is 0 Å². The van der Waals surface area contributed by atoms with Gasteiger partial charge in [0.25, 0.3) is 5.91 Å². The van der Waals surface area contributed by atoms with Crippen molar-refractivity contribution in [2.75, 3.05) is 26.2 Å². The normalized spacial score (nSPS) is 15.9. The van der Waals surface area contributed by atoms with E-state index in [1.54, 1.807) is 24.5 Å². The van der Waals surface area contributed by atoms with Gasteiger partial charge in [-0.05, 0) is 38.5 Å². The molecule has 8 nitrogen and oxygen atoms in total. The van der Waals surface area contributed by atoms with Crippen LogP contribution in [0.3, 0.4) is 0 Å². The summed E-state index contributed by atoms with van der Waals surface area (Å²) < 4.78 is 1.99. The molecule has 0 bridgehead atoms. The van der Waals surface area contributed by atoms with Crippen LogP contribution >= 0.6 is 0 Å². The van der Waals surface area contributed by atoms with E-state index in [0.717, 1.165) is 54.3 Å². The average molecular weight is 485 g/mol. The Hall–Kier alpha value is -3.59. The lowest BCUT2D eigenvalue weighted by atomic mass is 10.0. The minimum absolute atomic E-state index is 0.0708. The summed E-state index contributed by atoms with van der Waals surface area (Å²) in [6, 6.07) is 15.1. The van der Waals surface area contributed by atoms with E-state index >= 15 is 0 Å². The number of carbonyl (C=O) groups excluding carboxylic acids is 1. The molecule has 2 aromatic carbocycles. The molecule has 1 saturated heterocycles. The first kappa shape index (κ1) is 24.1. The lowest BCUT2D eigenvalue weighted by Crippen LogP contribution is -2.54. The van der Waals surface area contributed by atoms with E-state index in [2.05, 4.69) is 35.6 Å². The molecule has 1 fully saturated rings. The first-order chi connectivity index (χ1) is 17.2. The van der Waals surface area contributed by atoms with Crippen LogP contribution in [-0.4, -0.2) is 66.9 Å². The Morgan fingerprint density at radius 3 is 2.17 bits per heavy atom. The van der Waals surface area contributed by atoms with Gasteiger partial charge in [-0.3, -0.25) is 19.1 Å². The molecule has 0 radical (unpaired) electrons. The average Bonchev–Trinajstić information content (AvgIpc) is 3.31. The number of piperazine rings is 1. The zero-order valence-electron chi connectivity index (χ0n) is 20.9. The lowest BCUT2D eigenvalue weighted by molar-refractivity contribution is 0.0451. The monoisotopic (exact) mass is 484 g/mol. The van der Waals surface area contributed by atoms with Crippen LogP contribution in [0.2, 0.25) is 0 Å². The standard InChI is InChI=1S/C28H32N6O2/c1-28(2,3)33-14-12-32(13-15-33)27(36)22-10-4-19(5-11-22)23-18-34-24(16-31-25(34)17-30-23)20-6-8-21(9-7-20)26(29)35/h4-11,16-18,26,35H,12-15,29H2,1-3H3. The molecule has 1 amide bonds. The molecule has 0 saturated carbocycles. The Labute approximate surface area is 211 Å². The number of nitrogens with zero attached hydrogens (tertiary/aromatic N) is 5. The summed E-state index contributed by atoms with van der Waals surface area (Å²) in [5.74, 6) is 0.0708. The summed E-state index contributed by atoms with van der Waals surface area (Å²) in [6.45, 7) is 9.90. The third-order valence-corrected chi connectivity index (χ3v) is 6.89. The van der Waals surface area contributed by atoms with Gasteiger partial charge in [0.05, 0.1) is 23.8 Å². The number of hydrogen-bond acceptors (Lipinski definition) is 6. The van der Waals surface area contributed by atoms with Crippen molar-refractivity contribution < 1.29 is 9.90 Å². The fraction of sp³-hybridized carbons (Fsp3) is 0.321. The maximum absolute atomic E-state index is 13.1. The molecule has 8 heteroatoms. The van der Waals surface area contributed by atoms with Crippen LogP contribution in [0.1, 0.15) is 42.9 Å². The van der Waals surface area contributed by atoms with E-state index in [9.17, 15) is 9.90 Å². The van der Waals surface area contributed by atoms with Crippen molar-refractivity contribution >= 4 is 11.6 Å². The Bertz CT molecular complexity index is 1360. The summed E-state index contributed by atoms with van der Waals surface area (Å²) in [5.41, 5.74) is 11.3. The van der Waals surface area contributed by atoms with Crippen molar-refractivity contribution in [2.45, 2.75) is 32.5 Å². The van der Waals surface area contributed by atoms with Gasteiger partial charge in [0.1, 0.15) is 6.23 Å². The highest BCUT2D eigenvalue weighted by Gasteiger charge is 2.28. The second kappa shape index (κ2) is 9.46. The predicted molar refractivity (Wildman–Crippen MR) is 140 cm³/mol. The van der Waals surface area contributed by atoms with E-state index in [1.807, 2.05) is 51.9 Å². The third-order valence-electron chi connectivity index (χ3n) is 6.89. The Kier molecular flexibility index (Phi) is 6.34. The van der Waals surface area contributed by atoms with E-state index in [0.29, 0.717) is 11.1 Å². The SMILES string of the molecule is CC(C)(C)N1CCN(C(=O)c2ccc(-c3cn4c(-c5ccc(C(N)O)cc5)cnc4cn3)cc2)CC1. The van der Waals surface area contributed by atoms with Gasteiger partial charge in [0.2, 0.25) is 0 Å². The summed E-state index contributed by atoms with van der Waals surface area (Å²) in [7, 11) is 0. The van der Waals surface area contributed by atoms with Gasteiger partial charge in [-0.25, -0.2) is 4.98 Å². The number of imidazole rings is 1. The van der Waals surface area contributed by atoms with Gasteiger partial charge in [0, 0.05) is 54.6 Å². The van der Waals surface area contributed by atoms with Crippen molar-refractivity contribution in [1.29, 1.82) is 0 Å². The highest BCUT2D eigenvalue weighted by molar-refractivity contribution is 5.94. The molecule has 1 aliphatic heterocycles. The topological polar surface area (TPSA) is 100.0 Å². The van der Waals surface area contributed by atoms with Gasteiger partial charge in [0.15, 0.2) is 5.65 Å². The van der Waals surface area contributed by atoms with Crippen LogP contribution in [0, 0.1) is 0 Å². The van der Waals surface area contributed by atoms with Crippen molar-refractivity contribution in [3.63, 3.8) is 0 Å². The smallest absolute Gasteiger partial charge is 0.253 e. The van der Waals surface area contributed by atoms with E-state index < -0.39 is 6.23 Å². The van der Waals surface area contributed by atoms with Crippen molar-refractivity contribution in [3.8, 4) is 22.5 Å². The second-order valence-corrected chi connectivity index (χ2v) is 10.2. The quantitative estimate of drug-likeness (QED) is 0.430. The lowest BCUT2D eigenvalue weighted by Gasteiger charge is -2.42. The fourth-order valence-corrected chi connectivity index (χ4v) is 4.65. The van der Waals surface area contributed by atoms with Crippen molar-refractivity contribution in [1.82, 2.24) is 24.2 Å². The molecule has 5 rings (SSSR count). The van der Waals surface area contributed by atoms with Crippen LogP contribution in [-0.2, 0) is 0 Å². The van der Waals surface area contributed by atoms with Crippen LogP contribution < -0.4 is 5.73 Å². The summed E-state index contributed by atoms with van der Waals surface area (Å²) >= 11 is 0. The summed E-state index contributed by atoms with van der Waals surface area (Å²) in [6.07, 6.45) is 4.49. The fourth-order valence-electron chi connectivity index (χ4n) is 4.65. The van der Waals surface area contributed by atoms with E-state index in [4.69, 9.17) is 5.73 Å². The first-order valence-electron chi connectivity index (χ1n) is 12.2. The van der Waals surface area contributed by atoms with Crippen molar-refractivity contribution in [3.05, 3.63) is 78.2 Å². The molecule has 0 aliphatic carbocycles. The van der Waals surface area contributed by atoms with E-state index in [-0.39, 0.29) is 11.4 Å². The second-order valence-electron chi connectivity index (χ2n) is 10.2. The minimum Gasteiger partial charge on any atom is -0.375 e. The zero-order valence-corrected chi connectivity index (χ0v) is 20.9. The number of nitrogens with two attached hydrogens (primary N) is 1. The Morgan fingerprint density at radius 2 is 1.56 bits per heavy atom. The number of carbonyl (C=O) groups is 1. The predicted octanol–water partition coefficient (Wildman–Crippen LogP) is 3.57. The van der Waals surface area contributed by atoms with Gasteiger partial charge in [-0.1, -0.05) is 36.4 Å². The van der Waals surface area contributed by atoms with Crippen molar-refractivity contribution in [2.24, 2.45) is 5.73 Å². The maximum Gasteiger partial charge on any atom is 0.253 e. The van der Waals surface area contributed by atoms with Crippen LogP contribution in [0.15, 0.2) is 67.1 Å². The summed E-state index contributed by atoms with van der Waals surface area (Å²) in [4.78, 5) is 26.5. The molecule has 36 heavy (non-hydrogen) atoms. The maximum atomic E-state index is 13.1. The molecule has 1 atom stereocenters. The van der Waals surface area contributed by atoms with Crippen LogP contribution in [0.25, 0.3) is 28.2 Å². The number of aliphatic hydroxyl groups is 1. The minimum atomic E-state index is -1.00. The Morgan fingerprint density at radius 1 is 0.917 bits per heavy atom. The molecular weight excluding hydrogens is 452 g/mol. The molecular formula is C28H32N6O2. The van der Waals surface area contributed by atoms with Gasteiger partial charge < -0.3 is 15.7 Å². The van der Waals surface area contributed by atoms with Crippen LogP contribution in [0.4, 0.5) is 0 Å². The highest BCUT2D eigenvalue weighted by atomic mass is 16.3. The number of amides is 1. The first-order valence-corrected chi connectivity index (χ1v) is 12.2. The number of hydrogen-bond donors (Lipinski definition) is 2. The van der Waals surface area contributed by atoms with E-state index in [1.165, 1.54) is 0 Å². The molecule has 1 unspecified atom stereocenters. The molecule has 3 heterocycles. The van der Waals surface area contributed by atoms with Gasteiger partial charge in [-0.2, -0.15) is 0 Å². The number of aliphatic hydroxyl groups excluding tert-OH is 1. The number of aromatic nitrogens is 3. The third kappa shape index (κ3) is 4.75. The van der Waals surface area contributed by atoms with Gasteiger partial charge in [-0.15, -0.1) is 0 Å². The number of fused-ring (bicyclic) bond motifs is 1.